The third kappa shape index (κ3) is 4.83. The average Bonchev–Trinajstić information content (AvgIpc) is 2.50. The van der Waals surface area contributed by atoms with Gasteiger partial charge >= 0.3 is 5.97 Å². The number of hydrogen-bond acceptors (Lipinski definition) is 3. The zero-order valence-electron chi connectivity index (χ0n) is 13.4. The molecule has 2 N–H and O–H groups in total. The molecule has 1 aromatic rings. The first kappa shape index (κ1) is 17.7. The van der Waals surface area contributed by atoms with Crippen molar-refractivity contribution >= 4 is 5.97 Å². The van der Waals surface area contributed by atoms with Gasteiger partial charge in [-0.1, -0.05) is 50.6 Å². The molecule has 0 aliphatic carbocycles. The second-order valence-corrected chi connectivity index (χ2v) is 5.51. The highest BCUT2D eigenvalue weighted by molar-refractivity contribution is 5.80. The van der Waals surface area contributed by atoms with Crippen LogP contribution in [-0.2, 0) is 10.3 Å². The van der Waals surface area contributed by atoms with Gasteiger partial charge in [0.1, 0.15) is 5.54 Å². The molecule has 0 radical (unpaired) electrons. The van der Waals surface area contributed by atoms with Gasteiger partial charge in [0.25, 0.3) is 0 Å². The SMILES string of the molecule is CCCCN(C)CCC(NCC)(C(=O)O)c1ccccc1. The van der Waals surface area contributed by atoms with Crippen LogP contribution in [0.25, 0.3) is 0 Å². The quantitative estimate of drug-likeness (QED) is 0.696. The molecule has 0 aliphatic heterocycles. The number of benzene rings is 1. The van der Waals surface area contributed by atoms with Crippen LogP contribution in [-0.4, -0.2) is 42.7 Å². The van der Waals surface area contributed by atoms with E-state index < -0.39 is 11.5 Å². The molecule has 118 valence electrons. The molecule has 1 unspecified atom stereocenters. The number of carboxylic acids is 1. The molecule has 0 bridgehead atoms. The topological polar surface area (TPSA) is 52.6 Å². The Kier molecular flexibility index (Phi) is 7.40. The normalized spacial score (nSPS) is 14.1. The Morgan fingerprint density at radius 3 is 2.43 bits per heavy atom. The van der Waals surface area contributed by atoms with E-state index in [2.05, 4.69) is 24.2 Å². The smallest absolute Gasteiger partial charge is 0.328 e. The first-order chi connectivity index (χ1) is 10.1. The van der Waals surface area contributed by atoms with Crippen LogP contribution >= 0.6 is 0 Å². The van der Waals surface area contributed by atoms with Gasteiger partial charge in [-0.05, 0) is 38.5 Å². The second-order valence-electron chi connectivity index (χ2n) is 5.51. The summed E-state index contributed by atoms with van der Waals surface area (Å²) in [6.07, 6.45) is 2.85. The van der Waals surface area contributed by atoms with Crippen LogP contribution in [0.1, 0.15) is 38.7 Å². The second kappa shape index (κ2) is 8.80. The Morgan fingerprint density at radius 1 is 1.24 bits per heavy atom. The lowest BCUT2D eigenvalue weighted by Crippen LogP contribution is -2.51. The fourth-order valence-corrected chi connectivity index (χ4v) is 2.56. The summed E-state index contributed by atoms with van der Waals surface area (Å²) in [5.41, 5.74) is -0.181. The van der Waals surface area contributed by atoms with Crippen LogP contribution in [0.3, 0.4) is 0 Å². The molecule has 1 rings (SSSR count). The summed E-state index contributed by atoms with van der Waals surface area (Å²) in [5.74, 6) is -0.806. The molecule has 4 nitrogen and oxygen atoms in total. The minimum absolute atomic E-state index is 0.556. The van der Waals surface area contributed by atoms with E-state index in [4.69, 9.17) is 0 Å². The van der Waals surface area contributed by atoms with Gasteiger partial charge in [0.05, 0.1) is 0 Å². The van der Waals surface area contributed by atoms with Crippen LogP contribution in [0.2, 0.25) is 0 Å². The number of nitrogens with one attached hydrogen (secondary N) is 1. The summed E-state index contributed by atoms with van der Waals surface area (Å²) in [5, 5.41) is 13.0. The molecule has 0 aromatic heterocycles. The molecule has 0 amide bonds. The molecule has 0 saturated heterocycles. The maximum Gasteiger partial charge on any atom is 0.328 e. The van der Waals surface area contributed by atoms with E-state index in [0.29, 0.717) is 13.0 Å². The Labute approximate surface area is 128 Å². The van der Waals surface area contributed by atoms with E-state index in [1.54, 1.807) is 0 Å². The minimum atomic E-state index is -1.00. The molecule has 0 heterocycles. The molecule has 0 fully saturated rings. The number of carbonyl (C=O) groups is 1. The van der Waals surface area contributed by atoms with E-state index in [0.717, 1.165) is 31.5 Å². The van der Waals surface area contributed by atoms with Crippen molar-refractivity contribution < 1.29 is 9.90 Å². The van der Waals surface area contributed by atoms with Crippen molar-refractivity contribution in [2.45, 2.75) is 38.6 Å². The number of likely N-dealkylation sites (N-methyl/N-ethyl adjacent to an activating group) is 1. The zero-order valence-corrected chi connectivity index (χ0v) is 13.4. The summed E-state index contributed by atoms with van der Waals surface area (Å²) in [4.78, 5) is 14.2. The van der Waals surface area contributed by atoms with E-state index >= 15 is 0 Å². The van der Waals surface area contributed by atoms with Crippen molar-refractivity contribution in [1.82, 2.24) is 10.2 Å². The van der Waals surface area contributed by atoms with Gasteiger partial charge < -0.3 is 10.0 Å². The lowest BCUT2D eigenvalue weighted by molar-refractivity contribution is -0.146. The largest absolute Gasteiger partial charge is 0.480 e. The van der Waals surface area contributed by atoms with Crippen LogP contribution in [0, 0.1) is 0 Å². The minimum Gasteiger partial charge on any atom is -0.480 e. The number of rotatable bonds is 10. The highest BCUT2D eigenvalue weighted by Gasteiger charge is 2.39. The van der Waals surface area contributed by atoms with Crippen molar-refractivity contribution in [3.05, 3.63) is 35.9 Å². The van der Waals surface area contributed by atoms with Gasteiger partial charge in [-0.3, -0.25) is 5.32 Å². The first-order valence-electron chi connectivity index (χ1n) is 7.79. The number of carboxylic acid groups (broad SMARTS) is 1. The van der Waals surface area contributed by atoms with E-state index in [9.17, 15) is 9.90 Å². The van der Waals surface area contributed by atoms with E-state index in [-0.39, 0.29) is 0 Å². The van der Waals surface area contributed by atoms with Crippen molar-refractivity contribution in [1.29, 1.82) is 0 Å². The summed E-state index contributed by atoms with van der Waals surface area (Å²) in [6.45, 7) is 6.50. The lowest BCUT2D eigenvalue weighted by atomic mass is 9.86. The molecule has 21 heavy (non-hydrogen) atoms. The van der Waals surface area contributed by atoms with Gasteiger partial charge in [-0.15, -0.1) is 0 Å². The Morgan fingerprint density at radius 2 is 1.90 bits per heavy atom. The van der Waals surface area contributed by atoms with Gasteiger partial charge in [0, 0.05) is 6.54 Å². The lowest BCUT2D eigenvalue weighted by Gasteiger charge is -2.32. The fraction of sp³-hybridized carbons (Fsp3) is 0.588. The van der Waals surface area contributed by atoms with Crippen LogP contribution < -0.4 is 5.32 Å². The molecule has 0 aliphatic rings. The number of hydrogen-bond donors (Lipinski definition) is 2. The first-order valence-corrected chi connectivity index (χ1v) is 7.79. The van der Waals surface area contributed by atoms with Crippen LogP contribution in [0.15, 0.2) is 30.3 Å². The highest BCUT2D eigenvalue weighted by Crippen LogP contribution is 2.26. The average molecular weight is 292 g/mol. The maximum absolute atomic E-state index is 12.0. The fourth-order valence-electron chi connectivity index (χ4n) is 2.56. The highest BCUT2D eigenvalue weighted by atomic mass is 16.4. The number of aliphatic carboxylic acids is 1. The van der Waals surface area contributed by atoms with Crippen molar-refractivity contribution in [2.75, 3.05) is 26.7 Å². The van der Waals surface area contributed by atoms with Crippen molar-refractivity contribution in [2.24, 2.45) is 0 Å². The molecule has 4 heteroatoms. The Balaban J connectivity index is 2.89. The molecular formula is C17H28N2O2. The van der Waals surface area contributed by atoms with E-state index in [1.165, 1.54) is 0 Å². The Hall–Kier alpha value is -1.39. The molecule has 1 atom stereocenters. The molecule has 0 saturated carbocycles. The van der Waals surface area contributed by atoms with Crippen molar-refractivity contribution in [3.8, 4) is 0 Å². The summed E-state index contributed by atoms with van der Waals surface area (Å²) < 4.78 is 0. The monoisotopic (exact) mass is 292 g/mol. The third-order valence-electron chi connectivity index (χ3n) is 3.87. The van der Waals surface area contributed by atoms with E-state index in [1.807, 2.05) is 37.3 Å². The summed E-state index contributed by atoms with van der Waals surface area (Å²) in [6, 6.07) is 9.48. The van der Waals surface area contributed by atoms with Gasteiger partial charge in [0.15, 0.2) is 0 Å². The Bertz CT molecular complexity index is 422. The summed E-state index contributed by atoms with van der Waals surface area (Å²) >= 11 is 0. The van der Waals surface area contributed by atoms with Gasteiger partial charge in [0.2, 0.25) is 0 Å². The molecule has 0 spiro atoms. The predicted octanol–water partition coefficient (Wildman–Crippen LogP) is 2.70. The van der Waals surface area contributed by atoms with Crippen LogP contribution in [0.5, 0.6) is 0 Å². The summed E-state index contributed by atoms with van der Waals surface area (Å²) in [7, 11) is 2.05. The number of nitrogens with zero attached hydrogens (tertiary/aromatic N) is 1. The zero-order chi connectivity index (χ0) is 15.7. The predicted molar refractivity (Wildman–Crippen MR) is 86.5 cm³/mol. The van der Waals surface area contributed by atoms with Gasteiger partial charge in [-0.2, -0.15) is 0 Å². The van der Waals surface area contributed by atoms with Crippen molar-refractivity contribution in [3.63, 3.8) is 0 Å². The maximum atomic E-state index is 12.0. The third-order valence-corrected chi connectivity index (χ3v) is 3.87. The molecular weight excluding hydrogens is 264 g/mol. The number of unbranched alkanes of at least 4 members (excludes halogenated alkanes) is 1. The standard InChI is InChI=1S/C17H28N2O2/c1-4-6-13-19(3)14-12-17(16(20)21,18-5-2)15-10-8-7-9-11-15/h7-11,18H,4-6,12-14H2,1-3H3,(H,20,21). The van der Waals surface area contributed by atoms with Crippen LogP contribution in [0.4, 0.5) is 0 Å². The van der Waals surface area contributed by atoms with Gasteiger partial charge in [-0.25, -0.2) is 4.79 Å². The molecule has 1 aromatic carbocycles.